The zero-order chi connectivity index (χ0) is 12.4. The Bertz CT molecular complexity index is 684. The molecule has 0 atom stereocenters. The predicted molar refractivity (Wildman–Crippen MR) is 75.1 cm³/mol. The summed E-state index contributed by atoms with van der Waals surface area (Å²) < 4.78 is 0. The highest BCUT2D eigenvalue weighted by Crippen LogP contribution is 2.28. The number of hydrogen-bond donors (Lipinski definition) is 1. The molecule has 1 aromatic heterocycles. The van der Waals surface area contributed by atoms with Gasteiger partial charge in [0.25, 0.3) is 0 Å². The van der Waals surface area contributed by atoms with Gasteiger partial charge in [0, 0.05) is 24.5 Å². The Kier molecular flexibility index (Phi) is 2.79. The molecule has 0 aliphatic heterocycles. The highest BCUT2D eigenvalue weighted by Gasteiger charge is 2.04. The van der Waals surface area contributed by atoms with Crippen LogP contribution < -0.4 is 5.73 Å². The van der Waals surface area contributed by atoms with Crippen LogP contribution in [0.15, 0.2) is 60.9 Å². The van der Waals surface area contributed by atoms with Gasteiger partial charge in [-0.3, -0.25) is 4.98 Å². The van der Waals surface area contributed by atoms with E-state index in [0.717, 1.165) is 11.1 Å². The van der Waals surface area contributed by atoms with E-state index < -0.39 is 0 Å². The summed E-state index contributed by atoms with van der Waals surface area (Å²) in [6.45, 7) is 0.519. The van der Waals surface area contributed by atoms with Crippen molar-refractivity contribution in [3.05, 3.63) is 66.5 Å². The minimum absolute atomic E-state index is 0.519. The zero-order valence-corrected chi connectivity index (χ0v) is 10.0. The fourth-order valence-electron chi connectivity index (χ4n) is 2.22. The summed E-state index contributed by atoms with van der Waals surface area (Å²) in [5.74, 6) is 0. The Morgan fingerprint density at radius 3 is 2.67 bits per heavy atom. The number of benzene rings is 2. The quantitative estimate of drug-likeness (QED) is 0.738. The van der Waals surface area contributed by atoms with E-state index in [4.69, 9.17) is 5.73 Å². The summed E-state index contributed by atoms with van der Waals surface area (Å²) in [5, 5.41) is 2.49. The van der Waals surface area contributed by atoms with Crippen molar-refractivity contribution in [1.29, 1.82) is 0 Å². The highest BCUT2D eigenvalue weighted by molar-refractivity contribution is 5.96. The summed E-state index contributed by atoms with van der Waals surface area (Å²) in [6, 6.07) is 16.8. The number of pyridine rings is 1. The Hall–Kier alpha value is -2.19. The van der Waals surface area contributed by atoms with Crippen molar-refractivity contribution < 1.29 is 0 Å². The molecule has 2 N–H and O–H groups in total. The lowest BCUT2D eigenvalue weighted by atomic mass is 9.99. The first-order valence-electron chi connectivity index (χ1n) is 6.00. The maximum Gasteiger partial charge on any atom is 0.0346 e. The van der Waals surface area contributed by atoms with Crippen molar-refractivity contribution in [1.82, 2.24) is 4.98 Å². The maximum absolute atomic E-state index is 5.67. The van der Waals surface area contributed by atoms with Gasteiger partial charge in [-0.15, -0.1) is 0 Å². The van der Waals surface area contributed by atoms with Crippen LogP contribution >= 0.6 is 0 Å². The molecule has 3 aromatic rings. The number of hydrogen-bond acceptors (Lipinski definition) is 2. The normalized spacial score (nSPS) is 10.7. The minimum atomic E-state index is 0.519. The van der Waals surface area contributed by atoms with Gasteiger partial charge in [0.2, 0.25) is 0 Å². The molecule has 0 amide bonds. The molecule has 0 bridgehead atoms. The number of nitrogens with zero attached hydrogens (tertiary/aromatic N) is 1. The Balaban J connectivity index is 2.24. The van der Waals surface area contributed by atoms with E-state index in [9.17, 15) is 0 Å². The molecule has 18 heavy (non-hydrogen) atoms. The van der Waals surface area contributed by atoms with Gasteiger partial charge in [0.15, 0.2) is 0 Å². The average molecular weight is 234 g/mol. The predicted octanol–water partition coefficient (Wildman–Crippen LogP) is 3.36. The van der Waals surface area contributed by atoms with Crippen LogP contribution in [0.5, 0.6) is 0 Å². The third-order valence-electron chi connectivity index (χ3n) is 3.13. The number of nitrogens with two attached hydrogens (primary N) is 1. The summed E-state index contributed by atoms with van der Waals surface area (Å²) in [7, 11) is 0. The van der Waals surface area contributed by atoms with Crippen molar-refractivity contribution in [2.75, 3.05) is 0 Å². The molecule has 0 fully saturated rings. The van der Waals surface area contributed by atoms with Crippen molar-refractivity contribution in [3.63, 3.8) is 0 Å². The third kappa shape index (κ3) is 1.87. The molecule has 2 nitrogen and oxygen atoms in total. The average Bonchev–Trinajstić information content (AvgIpc) is 2.47. The Labute approximate surface area is 106 Å². The Morgan fingerprint density at radius 2 is 1.78 bits per heavy atom. The highest BCUT2D eigenvalue weighted by atomic mass is 14.6. The summed E-state index contributed by atoms with van der Waals surface area (Å²) in [5.41, 5.74) is 9.05. The van der Waals surface area contributed by atoms with Crippen molar-refractivity contribution in [3.8, 4) is 11.1 Å². The molecule has 2 aromatic carbocycles. The van der Waals surface area contributed by atoms with Gasteiger partial charge in [-0.1, -0.05) is 42.5 Å². The number of rotatable bonds is 2. The van der Waals surface area contributed by atoms with Gasteiger partial charge in [0.05, 0.1) is 0 Å². The van der Waals surface area contributed by atoms with Gasteiger partial charge in [-0.05, 0) is 28.0 Å². The molecule has 2 heteroatoms. The molecule has 0 aliphatic rings. The fourth-order valence-corrected chi connectivity index (χ4v) is 2.22. The Morgan fingerprint density at radius 1 is 0.944 bits per heavy atom. The first-order valence-corrected chi connectivity index (χ1v) is 6.00. The fraction of sp³-hybridized carbons (Fsp3) is 0.0625. The molecular formula is C16H14N2. The van der Waals surface area contributed by atoms with Crippen LogP contribution in [-0.2, 0) is 6.54 Å². The van der Waals surface area contributed by atoms with Crippen LogP contribution in [0.1, 0.15) is 5.56 Å². The second-order valence-corrected chi connectivity index (χ2v) is 4.31. The van der Waals surface area contributed by atoms with Crippen LogP contribution in [0.4, 0.5) is 0 Å². The van der Waals surface area contributed by atoms with Gasteiger partial charge >= 0.3 is 0 Å². The smallest absolute Gasteiger partial charge is 0.0346 e. The lowest BCUT2D eigenvalue weighted by molar-refractivity contribution is 1.05. The first kappa shape index (κ1) is 10.9. The summed E-state index contributed by atoms with van der Waals surface area (Å²) in [6.07, 6.45) is 3.70. The van der Waals surface area contributed by atoms with Gasteiger partial charge in [-0.25, -0.2) is 0 Å². The van der Waals surface area contributed by atoms with E-state index >= 15 is 0 Å². The largest absolute Gasteiger partial charge is 0.326 e. The molecule has 3 rings (SSSR count). The molecule has 1 heterocycles. The standard InChI is InChI=1S/C16H14N2/c17-9-12-8-14(11-18-10-12)16-7-3-5-13-4-1-2-6-15(13)16/h1-8,10-11H,9,17H2. The van der Waals surface area contributed by atoms with E-state index in [1.807, 2.05) is 12.4 Å². The summed E-state index contributed by atoms with van der Waals surface area (Å²) >= 11 is 0. The molecule has 0 saturated heterocycles. The van der Waals surface area contributed by atoms with Crippen molar-refractivity contribution >= 4 is 10.8 Å². The monoisotopic (exact) mass is 234 g/mol. The zero-order valence-electron chi connectivity index (χ0n) is 10.0. The van der Waals surface area contributed by atoms with E-state index in [2.05, 4.69) is 53.5 Å². The SMILES string of the molecule is NCc1cncc(-c2cccc3ccccc23)c1. The molecule has 88 valence electrons. The van der Waals surface area contributed by atoms with Crippen molar-refractivity contribution in [2.45, 2.75) is 6.54 Å². The van der Waals surface area contributed by atoms with Gasteiger partial charge < -0.3 is 5.73 Å². The van der Waals surface area contributed by atoms with Crippen molar-refractivity contribution in [2.24, 2.45) is 5.73 Å². The van der Waals surface area contributed by atoms with Gasteiger partial charge in [-0.2, -0.15) is 0 Å². The van der Waals surface area contributed by atoms with Crippen LogP contribution in [0.2, 0.25) is 0 Å². The minimum Gasteiger partial charge on any atom is -0.326 e. The van der Waals surface area contributed by atoms with Crippen LogP contribution in [0.3, 0.4) is 0 Å². The maximum atomic E-state index is 5.67. The molecule has 0 aliphatic carbocycles. The first-order chi connectivity index (χ1) is 8.88. The van der Waals surface area contributed by atoms with Crippen LogP contribution in [0, 0.1) is 0 Å². The van der Waals surface area contributed by atoms with E-state index in [0.29, 0.717) is 6.54 Å². The van der Waals surface area contributed by atoms with Gasteiger partial charge in [0.1, 0.15) is 0 Å². The molecular weight excluding hydrogens is 220 g/mol. The van der Waals surface area contributed by atoms with E-state index in [1.54, 1.807) is 0 Å². The second-order valence-electron chi connectivity index (χ2n) is 4.31. The lowest BCUT2D eigenvalue weighted by Crippen LogP contribution is -1.97. The number of fused-ring (bicyclic) bond motifs is 1. The number of aromatic nitrogens is 1. The van der Waals surface area contributed by atoms with Crippen LogP contribution in [-0.4, -0.2) is 4.98 Å². The lowest BCUT2D eigenvalue weighted by Gasteiger charge is -2.07. The van der Waals surface area contributed by atoms with E-state index in [-0.39, 0.29) is 0 Å². The van der Waals surface area contributed by atoms with Crippen LogP contribution in [0.25, 0.3) is 21.9 Å². The topological polar surface area (TPSA) is 38.9 Å². The second kappa shape index (κ2) is 4.59. The summed E-state index contributed by atoms with van der Waals surface area (Å²) in [4.78, 5) is 4.26. The third-order valence-corrected chi connectivity index (χ3v) is 3.13. The molecule has 0 spiro atoms. The molecule has 0 saturated carbocycles. The van der Waals surface area contributed by atoms with E-state index in [1.165, 1.54) is 16.3 Å². The molecule has 0 radical (unpaired) electrons. The molecule has 0 unspecified atom stereocenters.